The number of anilines is 1. The quantitative estimate of drug-likeness (QED) is 0.243. The minimum Gasteiger partial charge on any atom is -0.465 e. The number of fused-ring (bicyclic) bond motifs is 1. The summed E-state index contributed by atoms with van der Waals surface area (Å²) in [6.07, 6.45) is 11.6. The highest BCUT2D eigenvalue weighted by Crippen LogP contribution is 2.27. The zero-order valence-corrected chi connectivity index (χ0v) is 19.2. The van der Waals surface area contributed by atoms with Crippen molar-refractivity contribution in [3.8, 4) is 0 Å². The van der Waals surface area contributed by atoms with Crippen molar-refractivity contribution in [1.29, 1.82) is 0 Å². The Bertz CT molecular complexity index is 1160. The number of hydrogen-bond donors (Lipinski definition) is 2. The molecule has 0 unspecified atom stereocenters. The fourth-order valence-corrected chi connectivity index (χ4v) is 3.39. The predicted molar refractivity (Wildman–Crippen MR) is 128 cm³/mol. The molecule has 0 aromatic carbocycles. The van der Waals surface area contributed by atoms with Gasteiger partial charge in [-0.3, -0.25) is 4.79 Å². The van der Waals surface area contributed by atoms with E-state index in [-0.39, 0.29) is 5.91 Å². The second-order valence-corrected chi connectivity index (χ2v) is 7.55. The monoisotopic (exact) mass is 501 g/mol. The molecule has 3 aromatic rings. The van der Waals surface area contributed by atoms with Crippen LogP contribution in [-0.4, -0.2) is 33.6 Å². The lowest BCUT2D eigenvalue weighted by Gasteiger charge is -2.12. The zero-order chi connectivity index (χ0) is 22.2. The highest BCUT2D eigenvalue weighted by atomic mass is 79.9. The van der Waals surface area contributed by atoms with Gasteiger partial charge in [0.05, 0.1) is 22.6 Å². The Balaban J connectivity index is 1.73. The normalized spacial score (nSPS) is 12.5. The number of allylic oxidation sites excluding steroid dienone is 5. The van der Waals surface area contributed by atoms with Gasteiger partial charge in [-0.15, -0.1) is 0 Å². The number of halogens is 2. The standard InChI is InChI=1S/C22H21BrClN5O2/c1-3-6-18(24)16(4-2)19-13-20(29-22(28-19)17(23)14-27-29)25-10-11-26-21(30)9-8-15-7-5-12-31-15/h3-9,12-14,25H,2,10-11H2,1H3,(H,26,30)/b6-3-,9-8+,18-16-. The summed E-state index contributed by atoms with van der Waals surface area (Å²) in [4.78, 5) is 16.6. The zero-order valence-electron chi connectivity index (χ0n) is 16.8. The third kappa shape index (κ3) is 5.74. The van der Waals surface area contributed by atoms with Gasteiger partial charge in [0.15, 0.2) is 5.65 Å². The Hall–Kier alpha value is -3.10. The van der Waals surface area contributed by atoms with Gasteiger partial charge in [0, 0.05) is 35.8 Å². The van der Waals surface area contributed by atoms with Crippen LogP contribution in [-0.2, 0) is 4.79 Å². The van der Waals surface area contributed by atoms with Gasteiger partial charge in [0.2, 0.25) is 5.91 Å². The van der Waals surface area contributed by atoms with E-state index < -0.39 is 0 Å². The number of carbonyl (C=O) groups is 1. The van der Waals surface area contributed by atoms with E-state index in [1.165, 1.54) is 6.08 Å². The van der Waals surface area contributed by atoms with E-state index in [0.717, 1.165) is 4.47 Å². The van der Waals surface area contributed by atoms with Crippen molar-refractivity contribution in [2.24, 2.45) is 0 Å². The summed E-state index contributed by atoms with van der Waals surface area (Å²) in [5.41, 5.74) is 1.99. The summed E-state index contributed by atoms with van der Waals surface area (Å²) >= 11 is 9.87. The fraction of sp³-hybridized carbons (Fsp3) is 0.136. The number of amides is 1. The lowest BCUT2D eigenvalue weighted by molar-refractivity contribution is -0.116. The summed E-state index contributed by atoms with van der Waals surface area (Å²) < 4.78 is 7.59. The molecule has 1 amide bonds. The van der Waals surface area contributed by atoms with Crippen LogP contribution in [0.4, 0.5) is 5.82 Å². The first-order valence-electron chi connectivity index (χ1n) is 9.46. The molecular weight excluding hydrogens is 482 g/mol. The van der Waals surface area contributed by atoms with E-state index in [9.17, 15) is 4.79 Å². The van der Waals surface area contributed by atoms with Gasteiger partial charge in [0.25, 0.3) is 0 Å². The highest BCUT2D eigenvalue weighted by Gasteiger charge is 2.13. The average molecular weight is 503 g/mol. The molecule has 3 rings (SSSR count). The Morgan fingerprint density at radius 3 is 2.94 bits per heavy atom. The Labute approximate surface area is 193 Å². The predicted octanol–water partition coefficient (Wildman–Crippen LogP) is 5.04. The molecule has 31 heavy (non-hydrogen) atoms. The molecular formula is C22H21BrClN5O2. The van der Waals surface area contributed by atoms with E-state index in [2.05, 4.69) is 43.2 Å². The third-order valence-electron chi connectivity index (χ3n) is 4.15. The van der Waals surface area contributed by atoms with Gasteiger partial charge in [0.1, 0.15) is 11.6 Å². The molecule has 3 aromatic heterocycles. The summed E-state index contributed by atoms with van der Waals surface area (Å²) in [5.74, 6) is 1.11. The van der Waals surface area contributed by atoms with Gasteiger partial charge in [-0.25, -0.2) is 4.98 Å². The van der Waals surface area contributed by atoms with Crippen LogP contribution in [0.1, 0.15) is 18.4 Å². The molecule has 3 heterocycles. The van der Waals surface area contributed by atoms with Crippen LogP contribution in [0.15, 0.2) is 75.5 Å². The van der Waals surface area contributed by atoms with Crippen molar-refractivity contribution >= 4 is 56.6 Å². The molecule has 0 aliphatic carbocycles. The van der Waals surface area contributed by atoms with Crippen LogP contribution in [0.25, 0.3) is 17.3 Å². The first-order chi connectivity index (χ1) is 15.0. The second kappa shape index (κ2) is 10.8. The van der Waals surface area contributed by atoms with Gasteiger partial charge < -0.3 is 15.1 Å². The Morgan fingerprint density at radius 2 is 2.23 bits per heavy atom. The molecule has 0 atom stereocenters. The second-order valence-electron chi connectivity index (χ2n) is 6.29. The number of furan rings is 1. The van der Waals surface area contributed by atoms with Crippen LogP contribution in [0.2, 0.25) is 0 Å². The molecule has 0 fully saturated rings. The topological polar surface area (TPSA) is 84.5 Å². The largest absolute Gasteiger partial charge is 0.465 e. The Kier molecular flexibility index (Phi) is 7.86. The molecule has 0 aliphatic rings. The highest BCUT2D eigenvalue weighted by molar-refractivity contribution is 9.10. The van der Waals surface area contributed by atoms with Crippen molar-refractivity contribution in [2.45, 2.75) is 6.92 Å². The minimum absolute atomic E-state index is 0.212. The fourth-order valence-electron chi connectivity index (χ4n) is 2.74. The maximum absolute atomic E-state index is 11.9. The molecule has 0 spiro atoms. The van der Waals surface area contributed by atoms with Crippen LogP contribution < -0.4 is 10.6 Å². The van der Waals surface area contributed by atoms with E-state index in [4.69, 9.17) is 16.0 Å². The van der Waals surface area contributed by atoms with Crippen molar-refractivity contribution in [2.75, 3.05) is 18.4 Å². The first-order valence-corrected chi connectivity index (χ1v) is 10.6. The van der Waals surface area contributed by atoms with Crippen molar-refractivity contribution in [3.63, 3.8) is 0 Å². The SMILES string of the molecule is C=C/C(=C(Cl)\C=C/C)c1cc(NCCNC(=O)/C=C/c2ccco2)n2ncc(Br)c2n1. The molecule has 9 heteroatoms. The number of aromatic nitrogens is 3. The Morgan fingerprint density at radius 1 is 1.39 bits per heavy atom. The molecule has 0 radical (unpaired) electrons. The molecule has 0 bridgehead atoms. The van der Waals surface area contributed by atoms with E-state index in [0.29, 0.717) is 46.6 Å². The van der Waals surface area contributed by atoms with Gasteiger partial charge in [-0.05, 0) is 47.1 Å². The number of nitrogens with zero attached hydrogens (tertiary/aromatic N) is 3. The number of carbonyl (C=O) groups excluding carboxylic acids is 1. The first kappa shape index (κ1) is 22.6. The van der Waals surface area contributed by atoms with Crippen LogP contribution in [0, 0.1) is 0 Å². The smallest absolute Gasteiger partial charge is 0.244 e. The van der Waals surface area contributed by atoms with Gasteiger partial charge in [-0.2, -0.15) is 9.61 Å². The van der Waals surface area contributed by atoms with Gasteiger partial charge in [-0.1, -0.05) is 30.3 Å². The minimum atomic E-state index is -0.212. The maximum atomic E-state index is 11.9. The molecule has 0 saturated heterocycles. The average Bonchev–Trinajstić information content (AvgIpc) is 3.41. The third-order valence-corrected chi connectivity index (χ3v) is 5.04. The number of nitrogens with one attached hydrogen (secondary N) is 2. The molecule has 7 nitrogen and oxygen atoms in total. The molecule has 0 saturated carbocycles. The van der Waals surface area contributed by atoms with Gasteiger partial charge >= 0.3 is 0 Å². The van der Waals surface area contributed by atoms with Crippen molar-refractivity contribution in [1.82, 2.24) is 19.9 Å². The van der Waals surface area contributed by atoms with Crippen molar-refractivity contribution in [3.05, 3.63) is 82.5 Å². The number of hydrogen-bond acceptors (Lipinski definition) is 5. The van der Waals surface area contributed by atoms with Crippen LogP contribution in [0.3, 0.4) is 0 Å². The summed E-state index contributed by atoms with van der Waals surface area (Å²) in [6.45, 7) is 6.63. The lowest BCUT2D eigenvalue weighted by atomic mass is 10.1. The van der Waals surface area contributed by atoms with E-state index in [1.807, 2.05) is 19.1 Å². The van der Waals surface area contributed by atoms with Crippen molar-refractivity contribution < 1.29 is 9.21 Å². The summed E-state index contributed by atoms with van der Waals surface area (Å²) in [7, 11) is 0. The maximum Gasteiger partial charge on any atom is 0.244 e. The summed E-state index contributed by atoms with van der Waals surface area (Å²) in [5, 5.41) is 11.0. The molecule has 160 valence electrons. The molecule has 2 N–H and O–H groups in total. The molecule has 0 aliphatic heterocycles. The van der Waals surface area contributed by atoms with E-state index in [1.54, 1.807) is 47.3 Å². The van der Waals surface area contributed by atoms with Crippen LogP contribution >= 0.6 is 27.5 Å². The van der Waals surface area contributed by atoms with E-state index >= 15 is 0 Å². The van der Waals surface area contributed by atoms with Crippen LogP contribution in [0.5, 0.6) is 0 Å². The summed E-state index contributed by atoms with van der Waals surface area (Å²) in [6, 6.07) is 5.37. The number of rotatable bonds is 9. The lowest BCUT2D eigenvalue weighted by Crippen LogP contribution is -2.27.